The van der Waals surface area contributed by atoms with E-state index in [0.29, 0.717) is 0 Å². The van der Waals surface area contributed by atoms with E-state index in [-0.39, 0.29) is 0 Å². The summed E-state index contributed by atoms with van der Waals surface area (Å²) in [6.07, 6.45) is 0. The molecular weight excluding hydrogens is 390 g/mol. The third-order valence-corrected chi connectivity index (χ3v) is 5.49. The molecule has 0 amide bonds. The fourth-order valence-corrected chi connectivity index (χ4v) is 4.48. The maximum absolute atomic E-state index is 4.45. The molecule has 0 aliphatic carbocycles. The van der Waals surface area contributed by atoms with Gasteiger partial charge in [0.05, 0.1) is 0 Å². The zero-order valence-corrected chi connectivity index (χ0v) is 14.4. The summed E-state index contributed by atoms with van der Waals surface area (Å²) in [6.45, 7) is 0. The Morgan fingerprint density at radius 2 is 0.714 bits per heavy atom. The molecule has 0 spiro atoms. The van der Waals surface area contributed by atoms with E-state index in [1.807, 2.05) is 0 Å². The fraction of sp³-hybridized carbons (Fsp3) is 0. The van der Waals surface area contributed by atoms with E-state index in [0.717, 1.165) is 0 Å². The Hall–Kier alpha value is -0.880. The average Bonchev–Trinajstić information content (AvgIpc) is 2.60. The van der Waals surface area contributed by atoms with E-state index in [2.05, 4.69) is 120 Å². The molecule has 0 unspecified atom stereocenters. The van der Waals surface area contributed by atoms with Crippen molar-refractivity contribution in [3.8, 4) is 0 Å². The molecule has 0 heterocycles. The van der Waals surface area contributed by atoms with Crippen LogP contribution in [0.5, 0.6) is 0 Å². The molecule has 0 atom stereocenters. The zero-order chi connectivity index (χ0) is 14.9. The Balaban J connectivity index is 0.000000774. The van der Waals surface area contributed by atoms with Crippen molar-refractivity contribution in [3.63, 3.8) is 0 Å². The van der Waals surface area contributed by atoms with Crippen molar-refractivity contribution in [1.29, 1.82) is 0 Å². The van der Waals surface area contributed by atoms with E-state index in [9.17, 15) is 0 Å². The van der Waals surface area contributed by atoms with Crippen LogP contribution in [0.25, 0.3) is 0 Å². The minimum Gasteiger partial charge on any atom is -0.0622 e. The molecule has 110 valence electrons. The number of rotatable bonds is 3. The monoisotopic (exact) mass is 404 g/mol. The number of hydrogen-bond donors (Lipinski definition) is 0. The van der Waals surface area contributed by atoms with Crippen LogP contribution in [0.2, 0.25) is 0 Å². The molecule has 0 saturated carbocycles. The van der Waals surface area contributed by atoms with Crippen molar-refractivity contribution in [1.82, 2.24) is 0 Å². The summed E-state index contributed by atoms with van der Waals surface area (Å²) in [5, 5.41) is 4.19. The molecule has 0 N–H and O–H groups in total. The molecule has 21 heavy (non-hydrogen) atoms. The third-order valence-electron chi connectivity index (χ3n) is 3.04. The van der Waals surface area contributed by atoms with Gasteiger partial charge in [0, 0.05) is 0 Å². The predicted molar refractivity (Wildman–Crippen MR) is 91.0 cm³/mol. The van der Waals surface area contributed by atoms with E-state index < -0.39 is 7.92 Å². The second kappa shape index (κ2) is 9.20. The molecule has 0 nitrogen and oxygen atoms in total. The molecule has 0 aliphatic rings. The maximum atomic E-state index is 4.45. The van der Waals surface area contributed by atoms with Crippen LogP contribution >= 0.6 is 17.1 Å². The quantitative estimate of drug-likeness (QED) is 0.454. The first-order chi connectivity index (χ1) is 10.4. The number of hydrogen-bond acceptors (Lipinski definition) is 0. The largest absolute Gasteiger partial charge is 0.0622 e. The first-order valence-corrected chi connectivity index (χ1v) is 9.77. The molecular formula is C18H15AgClP. The molecule has 0 fully saturated rings. The SMILES string of the molecule is [Cl][Ag].c1ccc(P(c2ccccc2)c2ccccc2)cc1. The van der Waals surface area contributed by atoms with Gasteiger partial charge in [-0.2, -0.15) is 0 Å². The summed E-state index contributed by atoms with van der Waals surface area (Å²) in [5.41, 5.74) is 0. The third kappa shape index (κ3) is 4.54. The predicted octanol–water partition coefficient (Wildman–Crippen LogP) is 4.13. The van der Waals surface area contributed by atoms with Crippen LogP contribution in [0, 0.1) is 0 Å². The molecule has 3 heteroatoms. The Labute approximate surface area is 143 Å². The standard InChI is InChI=1S/C18H15P.Ag.ClH/c1-4-10-16(11-5-1)19(17-12-6-2-7-13-17)18-14-8-3-9-15-18;;/h1-15H;;1H/q;+1;/p-1. The fourth-order valence-electron chi connectivity index (χ4n) is 2.18. The molecule has 0 radical (unpaired) electrons. The molecule has 0 aliphatic heterocycles. The van der Waals surface area contributed by atoms with Crippen LogP contribution in [0.4, 0.5) is 0 Å². The van der Waals surface area contributed by atoms with Crippen molar-refractivity contribution in [3.05, 3.63) is 91.0 Å². The second-order valence-electron chi connectivity index (χ2n) is 4.34. The van der Waals surface area contributed by atoms with Crippen molar-refractivity contribution in [2.45, 2.75) is 0 Å². The summed E-state index contributed by atoms with van der Waals surface area (Å²) in [6, 6.07) is 32.3. The first-order valence-electron chi connectivity index (χ1n) is 6.52. The molecule has 3 aromatic carbocycles. The topological polar surface area (TPSA) is 0 Å². The van der Waals surface area contributed by atoms with Crippen LogP contribution in [-0.2, 0) is 20.0 Å². The van der Waals surface area contributed by atoms with Gasteiger partial charge < -0.3 is 0 Å². The van der Waals surface area contributed by atoms with Crippen LogP contribution in [0.3, 0.4) is 0 Å². The van der Waals surface area contributed by atoms with E-state index in [4.69, 9.17) is 0 Å². The molecule has 3 aromatic rings. The maximum Gasteiger partial charge on any atom is -0.0134 e. The molecule has 0 bridgehead atoms. The van der Waals surface area contributed by atoms with Gasteiger partial charge >= 0.3 is 29.2 Å². The Morgan fingerprint density at radius 1 is 0.476 bits per heavy atom. The van der Waals surface area contributed by atoms with Crippen molar-refractivity contribution < 1.29 is 20.0 Å². The van der Waals surface area contributed by atoms with Gasteiger partial charge in [0.25, 0.3) is 0 Å². The smallest absolute Gasteiger partial charge is 0.0134 e. The van der Waals surface area contributed by atoms with E-state index in [1.165, 1.54) is 15.9 Å². The Morgan fingerprint density at radius 3 is 0.952 bits per heavy atom. The van der Waals surface area contributed by atoms with Gasteiger partial charge in [0.1, 0.15) is 0 Å². The van der Waals surface area contributed by atoms with Crippen molar-refractivity contribution in [2.24, 2.45) is 0 Å². The first kappa shape index (κ1) is 16.5. The number of halogens is 1. The van der Waals surface area contributed by atoms with Gasteiger partial charge in [0.15, 0.2) is 0 Å². The summed E-state index contributed by atoms with van der Waals surface area (Å²) in [4.78, 5) is 0. The normalized spacial score (nSPS) is 9.90. The minimum atomic E-state index is -0.446. The van der Waals surface area contributed by atoms with Gasteiger partial charge in [-0.15, -0.1) is 0 Å². The summed E-state index contributed by atoms with van der Waals surface area (Å²) < 4.78 is 0. The summed E-state index contributed by atoms with van der Waals surface area (Å²) >= 11 is 2.42. The average molecular weight is 406 g/mol. The van der Waals surface area contributed by atoms with Gasteiger partial charge in [0.2, 0.25) is 0 Å². The van der Waals surface area contributed by atoms with Gasteiger partial charge in [-0.3, -0.25) is 0 Å². The summed E-state index contributed by atoms with van der Waals surface area (Å²) in [5.74, 6) is 0. The van der Waals surface area contributed by atoms with Crippen LogP contribution < -0.4 is 15.9 Å². The van der Waals surface area contributed by atoms with Crippen molar-refractivity contribution >= 4 is 33.0 Å². The number of benzene rings is 3. The van der Waals surface area contributed by atoms with Crippen LogP contribution in [0.1, 0.15) is 0 Å². The molecule has 3 rings (SSSR count). The zero-order valence-electron chi connectivity index (χ0n) is 11.3. The molecule has 0 aromatic heterocycles. The van der Waals surface area contributed by atoms with E-state index in [1.54, 1.807) is 0 Å². The minimum absolute atomic E-state index is 0.446. The van der Waals surface area contributed by atoms with Gasteiger partial charge in [-0.25, -0.2) is 0 Å². The van der Waals surface area contributed by atoms with Crippen molar-refractivity contribution in [2.75, 3.05) is 0 Å². The van der Waals surface area contributed by atoms with Gasteiger partial charge in [-0.05, 0) is 23.8 Å². The van der Waals surface area contributed by atoms with E-state index >= 15 is 0 Å². The Kier molecular flexibility index (Phi) is 7.23. The summed E-state index contributed by atoms with van der Waals surface area (Å²) in [7, 11) is 4.00. The van der Waals surface area contributed by atoms with Crippen LogP contribution in [0.15, 0.2) is 91.0 Å². The van der Waals surface area contributed by atoms with Gasteiger partial charge in [-0.1, -0.05) is 91.0 Å². The van der Waals surface area contributed by atoms with Crippen LogP contribution in [-0.4, -0.2) is 0 Å². The Bertz CT molecular complexity index is 535. The molecule has 0 saturated heterocycles. The second-order valence-corrected chi connectivity index (χ2v) is 6.56.